The summed E-state index contributed by atoms with van der Waals surface area (Å²) in [5, 5.41) is 10.9. The fourth-order valence-electron chi connectivity index (χ4n) is 3.90. The van der Waals surface area contributed by atoms with Gasteiger partial charge in [-0.2, -0.15) is 0 Å². The molecule has 1 heterocycles. The van der Waals surface area contributed by atoms with Crippen molar-refractivity contribution < 1.29 is 14.2 Å². The van der Waals surface area contributed by atoms with Crippen molar-refractivity contribution in [2.24, 2.45) is 0 Å². The fourth-order valence-corrected chi connectivity index (χ4v) is 4.12. The van der Waals surface area contributed by atoms with E-state index in [4.69, 9.17) is 16.3 Å². The van der Waals surface area contributed by atoms with E-state index in [-0.39, 0.29) is 18.5 Å². The Labute approximate surface area is 158 Å². The minimum Gasteiger partial charge on any atom is -0.488 e. The molecule has 2 aromatic carbocycles. The van der Waals surface area contributed by atoms with Gasteiger partial charge in [-0.15, -0.1) is 0 Å². The molecule has 1 N–H and O–H groups in total. The fraction of sp³-hybridized carbons (Fsp3) is 0.429. The SMILES string of the molecule is OC1(C2CCCN2Cc2ccccc2OCc2c(F)cccc2Cl)CC1. The quantitative estimate of drug-likeness (QED) is 0.804. The predicted molar refractivity (Wildman–Crippen MR) is 99.8 cm³/mol. The zero-order valence-corrected chi connectivity index (χ0v) is 15.4. The summed E-state index contributed by atoms with van der Waals surface area (Å²) in [6, 6.07) is 12.7. The van der Waals surface area contributed by atoms with Crippen molar-refractivity contribution in [1.82, 2.24) is 4.90 Å². The number of rotatable bonds is 6. The van der Waals surface area contributed by atoms with Gasteiger partial charge in [-0.3, -0.25) is 4.90 Å². The molecule has 1 atom stereocenters. The van der Waals surface area contributed by atoms with Gasteiger partial charge in [-0.1, -0.05) is 35.9 Å². The molecule has 4 rings (SSSR count). The van der Waals surface area contributed by atoms with Gasteiger partial charge in [0.05, 0.1) is 10.6 Å². The molecule has 1 aliphatic carbocycles. The van der Waals surface area contributed by atoms with Crippen molar-refractivity contribution in [2.75, 3.05) is 6.54 Å². The second-order valence-corrected chi connectivity index (χ2v) is 7.74. The molecule has 2 fully saturated rings. The van der Waals surface area contributed by atoms with Crippen LogP contribution in [-0.2, 0) is 13.2 Å². The molecule has 138 valence electrons. The lowest BCUT2D eigenvalue weighted by Crippen LogP contribution is -2.40. The second-order valence-electron chi connectivity index (χ2n) is 7.33. The van der Waals surface area contributed by atoms with Crippen molar-refractivity contribution in [3.05, 3.63) is 64.4 Å². The highest BCUT2D eigenvalue weighted by atomic mass is 35.5. The van der Waals surface area contributed by atoms with E-state index in [9.17, 15) is 9.50 Å². The lowest BCUT2D eigenvalue weighted by atomic mass is 10.1. The number of halogens is 2. The second kappa shape index (κ2) is 7.18. The Balaban J connectivity index is 1.48. The molecular weight excluding hydrogens is 353 g/mol. The minimum atomic E-state index is -0.493. The molecule has 1 aliphatic heterocycles. The third-order valence-corrected chi connectivity index (χ3v) is 5.88. The monoisotopic (exact) mass is 375 g/mol. The summed E-state index contributed by atoms with van der Waals surface area (Å²) in [6.45, 7) is 1.81. The first kappa shape index (κ1) is 17.8. The third kappa shape index (κ3) is 3.59. The number of nitrogens with zero attached hydrogens (tertiary/aromatic N) is 1. The van der Waals surface area contributed by atoms with Gasteiger partial charge in [-0.25, -0.2) is 4.39 Å². The summed E-state index contributed by atoms with van der Waals surface area (Å²) in [6.07, 6.45) is 3.96. The third-order valence-electron chi connectivity index (χ3n) is 5.53. The molecule has 0 radical (unpaired) electrons. The van der Waals surface area contributed by atoms with Crippen LogP contribution < -0.4 is 4.74 Å². The van der Waals surface area contributed by atoms with Crippen LogP contribution in [0.15, 0.2) is 42.5 Å². The van der Waals surface area contributed by atoms with Crippen molar-refractivity contribution in [1.29, 1.82) is 0 Å². The number of aliphatic hydroxyl groups is 1. The molecule has 0 aromatic heterocycles. The number of benzene rings is 2. The van der Waals surface area contributed by atoms with Crippen LogP contribution in [0.25, 0.3) is 0 Å². The Morgan fingerprint density at radius 2 is 2.00 bits per heavy atom. The number of para-hydroxylation sites is 1. The first-order valence-electron chi connectivity index (χ1n) is 9.17. The zero-order chi connectivity index (χ0) is 18.1. The molecule has 0 bridgehead atoms. The van der Waals surface area contributed by atoms with Gasteiger partial charge in [0.15, 0.2) is 0 Å². The van der Waals surface area contributed by atoms with Crippen LogP contribution in [0.3, 0.4) is 0 Å². The van der Waals surface area contributed by atoms with E-state index >= 15 is 0 Å². The molecule has 1 saturated carbocycles. The van der Waals surface area contributed by atoms with Crippen LogP contribution in [0.4, 0.5) is 4.39 Å². The van der Waals surface area contributed by atoms with E-state index in [1.54, 1.807) is 12.1 Å². The molecule has 1 saturated heterocycles. The van der Waals surface area contributed by atoms with Crippen molar-refractivity contribution in [3.8, 4) is 5.75 Å². The molecule has 0 amide bonds. The summed E-state index contributed by atoms with van der Waals surface area (Å²) in [5.74, 6) is 0.380. The lowest BCUT2D eigenvalue weighted by Gasteiger charge is -2.29. The molecule has 1 unspecified atom stereocenters. The summed E-state index contributed by atoms with van der Waals surface area (Å²) >= 11 is 6.09. The average Bonchev–Trinajstić information content (AvgIpc) is 3.19. The molecule has 0 spiro atoms. The standard InChI is InChI=1S/C21H23ClFNO2/c22-17-6-3-7-18(23)16(17)14-26-19-8-2-1-5-15(19)13-24-12-4-9-20(24)21(25)10-11-21/h1-3,5-8,20,25H,4,9-14H2. The van der Waals surface area contributed by atoms with E-state index in [1.165, 1.54) is 6.07 Å². The van der Waals surface area contributed by atoms with Crippen LogP contribution in [0, 0.1) is 5.82 Å². The highest BCUT2D eigenvalue weighted by Crippen LogP contribution is 2.45. The van der Waals surface area contributed by atoms with Gasteiger partial charge in [0, 0.05) is 23.7 Å². The first-order valence-corrected chi connectivity index (χ1v) is 9.55. The summed E-state index contributed by atoms with van der Waals surface area (Å²) < 4.78 is 19.9. The smallest absolute Gasteiger partial charge is 0.131 e. The van der Waals surface area contributed by atoms with Gasteiger partial charge < -0.3 is 9.84 Å². The summed E-state index contributed by atoms with van der Waals surface area (Å²) in [5.41, 5.74) is 0.930. The average molecular weight is 376 g/mol. The number of likely N-dealkylation sites (tertiary alicyclic amines) is 1. The van der Waals surface area contributed by atoms with Crippen LogP contribution in [0.2, 0.25) is 5.02 Å². The van der Waals surface area contributed by atoms with Gasteiger partial charge >= 0.3 is 0 Å². The molecule has 2 aliphatic rings. The van der Waals surface area contributed by atoms with Crippen LogP contribution in [-0.4, -0.2) is 28.2 Å². The van der Waals surface area contributed by atoms with E-state index in [0.29, 0.717) is 10.6 Å². The van der Waals surface area contributed by atoms with Crippen molar-refractivity contribution >= 4 is 11.6 Å². The van der Waals surface area contributed by atoms with Crippen LogP contribution >= 0.6 is 11.6 Å². The van der Waals surface area contributed by atoms with Gasteiger partial charge in [0.2, 0.25) is 0 Å². The molecule has 2 aromatic rings. The Bertz CT molecular complexity index is 773. The topological polar surface area (TPSA) is 32.7 Å². The maximum absolute atomic E-state index is 14.0. The normalized spacial score (nSPS) is 21.7. The maximum Gasteiger partial charge on any atom is 0.131 e. The Morgan fingerprint density at radius 3 is 2.77 bits per heavy atom. The Morgan fingerprint density at radius 1 is 1.19 bits per heavy atom. The number of ether oxygens (including phenoxy) is 1. The highest BCUT2D eigenvalue weighted by molar-refractivity contribution is 6.31. The Kier molecular flexibility index (Phi) is 4.91. The van der Waals surface area contributed by atoms with E-state index < -0.39 is 5.60 Å². The van der Waals surface area contributed by atoms with E-state index in [1.807, 2.05) is 24.3 Å². The van der Waals surface area contributed by atoms with E-state index in [2.05, 4.69) is 4.90 Å². The van der Waals surface area contributed by atoms with Crippen LogP contribution in [0.1, 0.15) is 36.8 Å². The predicted octanol–water partition coefficient (Wildman–Crippen LogP) is 4.55. The van der Waals surface area contributed by atoms with Crippen molar-refractivity contribution in [2.45, 2.75) is 50.5 Å². The molecular formula is C21H23ClFNO2. The Hall–Kier alpha value is -1.62. The lowest BCUT2D eigenvalue weighted by molar-refractivity contribution is 0.0477. The minimum absolute atomic E-state index is 0.0931. The van der Waals surface area contributed by atoms with Crippen molar-refractivity contribution in [3.63, 3.8) is 0 Å². The maximum atomic E-state index is 14.0. The molecule has 3 nitrogen and oxygen atoms in total. The number of hydrogen-bond acceptors (Lipinski definition) is 3. The molecule has 5 heteroatoms. The summed E-state index contributed by atoms with van der Waals surface area (Å²) in [7, 11) is 0. The summed E-state index contributed by atoms with van der Waals surface area (Å²) in [4.78, 5) is 2.35. The van der Waals surface area contributed by atoms with E-state index in [0.717, 1.165) is 50.1 Å². The number of hydrogen-bond donors (Lipinski definition) is 1. The van der Waals surface area contributed by atoms with Gasteiger partial charge in [-0.05, 0) is 50.4 Å². The molecule has 26 heavy (non-hydrogen) atoms. The first-order chi connectivity index (χ1) is 12.6. The largest absolute Gasteiger partial charge is 0.488 e. The van der Waals surface area contributed by atoms with Gasteiger partial charge in [0.1, 0.15) is 18.2 Å². The highest BCUT2D eigenvalue weighted by Gasteiger charge is 2.51. The zero-order valence-electron chi connectivity index (χ0n) is 14.6. The van der Waals surface area contributed by atoms with Crippen LogP contribution in [0.5, 0.6) is 5.75 Å². The van der Waals surface area contributed by atoms with Gasteiger partial charge in [0.25, 0.3) is 0 Å².